The second-order valence-corrected chi connectivity index (χ2v) is 5.89. The summed E-state index contributed by atoms with van der Waals surface area (Å²) < 4.78 is 26.7. The van der Waals surface area contributed by atoms with Crippen LogP contribution in [0.3, 0.4) is 0 Å². The van der Waals surface area contributed by atoms with Gasteiger partial charge >= 0.3 is 0 Å². The van der Waals surface area contributed by atoms with Crippen LogP contribution < -0.4 is 10.5 Å². The van der Waals surface area contributed by atoms with Crippen LogP contribution in [0.4, 0.5) is 0 Å². The van der Waals surface area contributed by atoms with Gasteiger partial charge in [-0.25, -0.2) is 8.42 Å². The molecule has 3 N–H and O–H groups in total. The molecule has 0 spiro atoms. The van der Waals surface area contributed by atoms with Crippen molar-refractivity contribution in [3.05, 3.63) is 66.2 Å². The van der Waals surface area contributed by atoms with Crippen molar-refractivity contribution in [1.29, 1.82) is 0 Å². The summed E-state index contributed by atoms with van der Waals surface area (Å²) in [6, 6.07) is 15.2. The molecule has 0 fully saturated rings. The molecule has 1 amide bonds. The van der Waals surface area contributed by atoms with Gasteiger partial charge in [-0.3, -0.25) is 4.79 Å². The van der Waals surface area contributed by atoms with Crippen molar-refractivity contribution in [2.45, 2.75) is 10.9 Å². The molecule has 0 radical (unpaired) electrons. The van der Waals surface area contributed by atoms with Gasteiger partial charge in [0.2, 0.25) is 15.9 Å². The number of carbonyl (C=O) groups excluding carboxylic acids is 1. The molecule has 20 heavy (non-hydrogen) atoms. The van der Waals surface area contributed by atoms with E-state index in [0.717, 1.165) is 0 Å². The fourth-order valence-electron chi connectivity index (χ4n) is 1.76. The highest BCUT2D eigenvalue weighted by atomic mass is 32.2. The topological polar surface area (TPSA) is 89.3 Å². The number of nitrogens with two attached hydrogens (primary N) is 1. The zero-order valence-corrected chi connectivity index (χ0v) is 11.4. The number of primary amides is 1. The Morgan fingerprint density at radius 2 is 1.45 bits per heavy atom. The molecule has 6 heteroatoms. The minimum Gasteiger partial charge on any atom is -0.368 e. The predicted molar refractivity (Wildman–Crippen MR) is 75.1 cm³/mol. The van der Waals surface area contributed by atoms with Gasteiger partial charge in [0, 0.05) is 0 Å². The largest absolute Gasteiger partial charge is 0.368 e. The maximum atomic E-state index is 12.2. The molecule has 5 nitrogen and oxygen atoms in total. The van der Waals surface area contributed by atoms with Crippen LogP contribution in [0.1, 0.15) is 11.6 Å². The van der Waals surface area contributed by atoms with Gasteiger partial charge in [-0.05, 0) is 17.7 Å². The quantitative estimate of drug-likeness (QED) is 0.867. The average molecular weight is 290 g/mol. The van der Waals surface area contributed by atoms with Crippen molar-refractivity contribution in [2.75, 3.05) is 0 Å². The van der Waals surface area contributed by atoms with Crippen molar-refractivity contribution in [2.24, 2.45) is 5.73 Å². The monoisotopic (exact) mass is 290 g/mol. The Bertz CT molecular complexity index is 685. The van der Waals surface area contributed by atoms with E-state index in [1.807, 2.05) is 0 Å². The van der Waals surface area contributed by atoms with Crippen LogP contribution in [0.5, 0.6) is 0 Å². The molecule has 0 aliphatic heterocycles. The lowest BCUT2D eigenvalue weighted by atomic mass is 10.1. The van der Waals surface area contributed by atoms with Gasteiger partial charge in [-0.15, -0.1) is 0 Å². The normalized spacial score (nSPS) is 12.8. The molecular formula is C14H14N2O3S. The van der Waals surface area contributed by atoms with Gasteiger partial charge in [0.15, 0.2) is 0 Å². The molecule has 0 heterocycles. The van der Waals surface area contributed by atoms with E-state index >= 15 is 0 Å². The molecule has 1 atom stereocenters. The van der Waals surface area contributed by atoms with Crippen LogP contribution >= 0.6 is 0 Å². The van der Waals surface area contributed by atoms with Crippen LogP contribution in [0.15, 0.2) is 65.6 Å². The zero-order chi connectivity index (χ0) is 14.6. The standard InChI is InChI=1S/C14H14N2O3S/c15-14(17)13(11-7-3-1-4-8-11)16-20(18,19)12-9-5-2-6-10-12/h1-10,13,16H,(H2,15,17). The summed E-state index contributed by atoms with van der Waals surface area (Å²) in [5.41, 5.74) is 5.79. The molecule has 1 unspecified atom stereocenters. The summed E-state index contributed by atoms with van der Waals surface area (Å²) in [5, 5.41) is 0. The van der Waals surface area contributed by atoms with E-state index in [9.17, 15) is 13.2 Å². The Morgan fingerprint density at radius 3 is 1.95 bits per heavy atom. The smallest absolute Gasteiger partial charge is 0.241 e. The van der Waals surface area contributed by atoms with Crippen molar-refractivity contribution in [1.82, 2.24) is 4.72 Å². The highest BCUT2D eigenvalue weighted by Crippen LogP contribution is 2.16. The first-order valence-electron chi connectivity index (χ1n) is 5.92. The van der Waals surface area contributed by atoms with E-state index in [1.165, 1.54) is 12.1 Å². The Kier molecular flexibility index (Phi) is 4.16. The number of amides is 1. The second-order valence-electron chi connectivity index (χ2n) is 4.18. The molecule has 2 aromatic carbocycles. The number of benzene rings is 2. The van der Waals surface area contributed by atoms with E-state index in [2.05, 4.69) is 4.72 Å². The first-order valence-corrected chi connectivity index (χ1v) is 7.40. The summed E-state index contributed by atoms with van der Waals surface area (Å²) in [4.78, 5) is 11.6. The maximum absolute atomic E-state index is 12.2. The van der Waals surface area contributed by atoms with Crippen molar-refractivity contribution < 1.29 is 13.2 Å². The lowest BCUT2D eigenvalue weighted by Gasteiger charge is -2.16. The van der Waals surface area contributed by atoms with Crippen LogP contribution in [0.2, 0.25) is 0 Å². The van der Waals surface area contributed by atoms with Crippen LogP contribution in [0, 0.1) is 0 Å². The lowest BCUT2D eigenvalue weighted by Crippen LogP contribution is -2.37. The van der Waals surface area contributed by atoms with E-state index < -0.39 is 22.0 Å². The highest BCUT2D eigenvalue weighted by Gasteiger charge is 2.25. The third-order valence-electron chi connectivity index (χ3n) is 2.74. The van der Waals surface area contributed by atoms with Gasteiger partial charge in [0.1, 0.15) is 6.04 Å². The molecular weight excluding hydrogens is 276 g/mol. The first-order chi connectivity index (χ1) is 9.50. The summed E-state index contributed by atoms with van der Waals surface area (Å²) >= 11 is 0. The Morgan fingerprint density at radius 1 is 0.950 bits per heavy atom. The van der Waals surface area contributed by atoms with Crippen LogP contribution in [0.25, 0.3) is 0 Å². The molecule has 0 aliphatic rings. The van der Waals surface area contributed by atoms with E-state index in [0.29, 0.717) is 5.56 Å². The molecule has 0 aromatic heterocycles. The molecule has 0 aliphatic carbocycles. The summed E-state index contributed by atoms with van der Waals surface area (Å²) in [6.07, 6.45) is 0. The van der Waals surface area contributed by atoms with E-state index in [4.69, 9.17) is 5.73 Å². The first kappa shape index (κ1) is 14.2. The van der Waals surface area contributed by atoms with Gasteiger partial charge in [-0.1, -0.05) is 48.5 Å². The summed E-state index contributed by atoms with van der Waals surface area (Å²) in [5.74, 6) is -0.754. The predicted octanol–water partition coefficient (Wildman–Crippen LogP) is 1.19. The molecule has 0 saturated carbocycles. The minimum atomic E-state index is -3.80. The van der Waals surface area contributed by atoms with Crippen molar-refractivity contribution in [3.8, 4) is 0 Å². The molecule has 2 aromatic rings. The third-order valence-corrected chi connectivity index (χ3v) is 4.18. The van der Waals surface area contributed by atoms with Gasteiger partial charge in [-0.2, -0.15) is 4.72 Å². The lowest BCUT2D eigenvalue weighted by molar-refractivity contribution is -0.119. The average Bonchev–Trinajstić information content (AvgIpc) is 2.46. The summed E-state index contributed by atoms with van der Waals surface area (Å²) in [6.45, 7) is 0. The molecule has 2 rings (SSSR count). The zero-order valence-electron chi connectivity index (χ0n) is 10.6. The Balaban J connectivity index is 2.33. The SMILES string of the molecule is NC(=O)C(NS(=O)(=O)c1ccccc1)c1ccccc1. The van der Waals surface area contributed by atoms with E-state index in [-0.39, 0.29) is 4.90 Å². The minimum absolute atomic E-state index is 0.0854. The van der Waals surface area contributed by atoms with Gasteiger partial charge < -0.3 is 5.73 Å². The number of sulfonamides is 1. The Labute approximate surface area is 117 Å². The fraction of sp³-hybridized carbons (Fsp3) is 0.0714. The van der Waals surface area contributed by atoms with Gasteiger partial charge in [0.05, 0.1) is 4.90 Å². The molecule has 0 bridgehead atoms. The highest BCUT2D eigenvalue weighted by molar-refractivity contribution is 7.89. The van der Waals surface area contributed by atoms with Crippen molar-refractivity contribution in [3.63, 3.8) is 0 Å². The third kappa shape index (κ3) is 3.23. The number of nitrogens with one attached hydrogen (secondary N) is 1. The maximum Gasteiger partial charge on any atom is 0.241 e. The molecule has 104 valence electrons. The van der Waals surface area contributed by atoms with E-state index in [1.54, 1.807) is 48.5 Å². The number of carbonyl (C=O) groups is 1. The van der Waals surface area contributed by atoms with Crippen LogP contribution in [-0.2, 0) is 14.8 Å². The number of rotatable bonds is 5. The van der Waals surface area contributed by atoms with Gasteiger partial charge in [0.25, 0.3) is 0 Å². The summed E-state index contributed by atoms with van der Waals surface area (Å²) in [7, 11) is -3.80. The Hall–Kier alpha value is -2.18. The second kappa shape index (κ2) is 5.85. The number of hydrogen-bond acceptors (Lipinski definition) is 3. The molecule has 0 saturated heterocycles. The van der Waals surface area contributed by atoms with Crippen LogP contribution in [-0.4, -0.2) is 14.3 Å². The number of hydrogen-bond donors (Lipinski definition) is 2. The fourth-order valence-corrected chi connectivity index (χ4v) is 2.97. The van der Waals surface area contributed by atoms with Crippen molar-refractivity contribution >= 4 is 15.9 Å².